The number of carbonyl (C=O) groups is 1. The Morgan fingerprint density at radius 1 is 1.26 bits per heavy atom. The van der Waals surface area contributed by atoms with Gasteiger partial charge in [0.15, 0.2) is 17.8 Å². The standard InChI is InChI=1S/C16H20O3/c1-5-18-14-9-6-8-13(12-17)15(14)19-11-7-10-16(2,3)4/h6,8-9,12H,5,11H2,1-4H3. The average Bonchev–Trinajstić information content (AvgIpc) is 2.35. The summed E-state index contributed by atoms with van der Waals surface area (Å²) in [5.74, 6) is 7.06. The Hall–Kier alpha value is -1.95. The lowest BCUT2D eigenvalue weighted by atomic mass is 9.98. The summed E-state index contributed by atoms with van der Waals surface area (Å²) in [5.41, 5.74) is 0.416. The van der Waals surface area contributed by atoms with E-state index in [1.807, 2.05) is 27.7 Å². The van der Waals surface area contributed by atoms with Crippen molar-refractivity contribution in [3.05, 3.63) is 23.8 Å². The summed E-state index contributed by atoms with van der Waals surface area (Å²) < 4.78 is 11.0. The number of hydrogen-bond donors (Lipinski definition) is 0. The molecule has 0 fully saturated rings. The topological polar surface area (TPSA) is 35.5 Å². The van der Waals surface area contributed by atoms with Crippen LogP contribution < -0.4 is 9.47 Å². The number of para-hydroxylation sites is 1. The van der Waals surface area contributed by atoms with Gasteiger partial charge in [-0.2, -0.15) is 0 Å². The molecule has 0 spiro atoms. The minimum Gasteiger partial charge on any atom is -0.490 e. The molecule has 1 rings (SSSR count). The third-order valence-electron chi connectivity index (χ3n) is 2.19. The number of carbonyl (C=O) groups excluding carboxylic acids is 1. The van der Waals surface area contributed by atoms with E-state index in [0.29, 0.717) is 23.7 Å². The van der Waals surface area contributed by atoms with E-state index in [1.54, 1.807) is 18.2 Å². The quantitative estimate of drug-likeness (QED) is 0.601. The first-order chi connectivity index (χ1) is 8.98. The van der Waals surface area contributed by atoms with E-state index in [2.05, 4.69) is 11.8 Å². The molecule has 102 valence electrons. The highest BCUT2D eigenvalue weighted by Crippen LogP contribution is 2.30. The lowest BCUT2D eigenvalue weighted by molar-refractivity contribution is 0.111. The number of benzene rings is 1. The Bertz CT molecular complexity index is 487. The van der Waals surface area contributed by atoms with Crippen molar-refractivity contribution in [3.8, 4) is 23.3 Å². The largest absolute Gasteiger partial charge is 0.490 e. The normalized spacial score (nSPS) is 10.3. The molecule has 0 unspecified atom stereocenters. The maximum atomic E-state index is 11.0. The van der Waals surface area contributed by atoms with Crippen molar-refractivity contribution >= 4 is 6.29 Å². The summed E-state index contributed by atoms with van der Waals surface area (Å²) in [5, 5.41) is 0. The lowest BCUT2D eigenvalue weighted by Gasteiger charge is -2.12. The molecule has 1 aromatic rings. The van der Waals surface area contributed by atoms with Crippen molar-refractivity contribution in [2.24, 2.45) is 5.41 Å². The van der Waals surface area contributed by atoms with Crippen LogP contribution in [-0.4, -0.2) is 19.5 Å². The van der Waals surface area contributed by atoms with Gasteiger partial charge in [0.25, 0.3) is 0 Å². The Labute approximate surface area is 114 Å². The Morgan fingerprint density at radius 3 is 2.58 bits per heavy atom. The molecule has 1 aromatic carbocycles. The molecule has 3 nitrogen and oxygen atoms in total. The van der Waals surface area contributed by atoms with Crippen molar-refractivity contribution in [3.63, 3.8) is 0 Å². The fourth-order valence-electron chi connectivity index (χ4n) is 1.46. The third-order valence-corrected chi connectivity index (χ3v) is 2.19. The SMILES string of the molecule is CCOc1cccc(C=O)c1OCC#CC(C)(C)C. The van der Waals surface area contributed by atoms with Crippen LogP contribution in [0.5, 0.6) is 11.5 Å². The van der Waals surface area contributed by atoms with Gasteiger partial charge >= 0.3 is 0 Å². The summed E-state index contributed by atoms with van der Waals surface area (Å²) in [4.78, 5) is 11.0. The molecular formula is C16H20O3. The summed E-state index contributed by atoms with van der Waals surface area (Å²) in [7, 11) is 0. The number of aldehydes is 1. The van der Waals surface area contributed by atoms with E-state index in [1.165, 1.54) is 0 Å². The van der Waals surface area contributed by atoms with Gasteiger partial charge in [0, 0.05) is 5.41 Å². The highest BCUT2D eigenvalue weighted by Gasteiger charge is 2.10. The Balaban J connectivity index is 2.85. The number of hydrogen-bond acceptors (Lipinski definition) is 3. The van der Waals surface area contributed by atoms with Crippen LogP contribution in [0.4, 0.5) is 0 Å². The van der Waals surface area contributed by atoms with Crippen molar-refractivity contribution in [1.82, 2.24) is 0 Å². The number of ether oxygens (including phenoxy) is 2. The molecule has 0 atom stereocenters. The molecule has 0 bridgehead atoms. The molecule has 0 radical (unpaired) electrons. The van der Waals surface area contributed by atoms with Gasteiger partial charge < -0.3 is 9.47 Å². The maximum absolute atomic E-state index is 11.0. The van der Waals surface area contributed by atoms with E-state index >= 15 is 0 Å². The van der Waals surface area contributed by atoms with Crippen LogP contribution in [0.3, 0.4) is 0 Å². The summed E-state index contributed by atoms with van der Waals surface area (Å²) >= 11 is 0. The molecule has 0 aliphatic carbocycles. The van der Waals surface area contributed by atoms with E-state index in [9.17, 15) is 4.79 Å². The van der Waals surface area contributed by atoms with Crippen molar-refractivity contribution in [1.29, 1.82) is 0 Å². The van der Waals surface area contributed by atoms with Crippen LogP contribution >= 0.6 is 0 Å². The number of rotatable bonds is 5. The van der Waals surface area contributed by atoms with Gasteiger partial charge in [0.1, 0.15) is 6.61 Å². The molecule has 0 aliphatic rings. The van der Waals surface area contributed by atoms with Gasteiger partial charge in [0.2, 0.25) is 0 Å². The van der Waals surface area contributed by atoms with Crippen LogP contribution in [0.2, 0.25) is 0 Å². The second-order valence-electron chi connectivity index (χ2n) is 5.07. The van der Waals surface area contributed by atoms with Gasteiger partial charge in [-0.25, -0.2) is 0 Å². The molecule has 0 saturated carbocycles. The fourth-order valence-corrected chi connectivity index (χ4v) is 1.46. The zero-order chi connectivity index (χ0) is 14.3. The predicted octanol–water partition coefficient (Wildman–Crippen LogP) is 3.33. The second-order valence-corrected chi connectivity index (χ2v) is 5.07. The van der Waals surface area contributed by atoms with Crippen LogP contribution in [-0.2, 0) is 0 Å². The molecular weight excluding hydrogens is 240 g/mol. The van der Waals surface area contributed by atoms with E-state index < -0.39 is 0 Å². The van der Waals surface area contributed by atoms with Gasteiger partial charge in [-0.1, -0.05) is 17.9 Å². The zero-order valence-electron chi connectivity index (χ0n) is 11.9. The van der Waals surface area contributed by atoms with Crippen LogP contribution in [0, 0.1) is 17.3 Å². The highest BCUT2D eigenvalue weighted by atomic mass is 16.5. The summed E-state index contributed by atoms with van der Waals surface area (Å²) in [6.45, 7) is 8.74. The van der Waals surface area contributed by atoms with Crippen molar-refractivity contribution in [2.45, 2.75) is 27.7 Å². The second kappa shape index (κ2) is 6.84. The molecule has 0 amide bonds. The maximum Gasteiger partial charge on any atom is 0.173 e. The first kappa shape index (κ1) is 15.1. The lowest BCUT2D eigenvalue weighted by Crippen LogP contribution is -2.04. The van der Waals surface area contributed by atoms with Gasteiger partial charge in [-0.05, 0) is 39.8 Å². The average molecular weight is 260 g/mol. The predicted molar refractivity (Wildman–Crippen MR) is 75.7 cm³/mol. The Kier molecular flexibility index (Phi) is 5.44. The monoisotopic (exact) mass is 260 g/mol. The molecule has 0 N–H and O–H groups in total. The van der Waals surface area contributed by atoms with Gasteiger partial charge in [-0.15, -0.1) is 0 Å². The van der Waals surface area contributed by atoms with Crippen LogP contribution in [0.1, 0.15) is 38.1 Å². The van der Waals surface area contributed by atoms with Crippen LogP contribution in [0.25, 0.3) is 0 Å². The van der Waals surface area contributed by atoms with Crippen molar-refractivity contribution < 1.29 is 14.3 Å². The smallest absolute Gasteiger partial charge is 0.173 e. The van der Waals surface area contributed by atoms with Gasteiger partial charge in [-0.3, -0.25) is 4.79 Å². The summed E-state index contributed by atoms with van der Waals surface area (Å²) in [6.07, 6.45) is 0.759. The summed E-state index contributed by atoms with van der Waals surface area (Å²) in [6, 6.07) is 5.24. The van der Waals surface area contributed by atoms with Crippen LogP contribution in [0.15, 0.2) is 18.2 Å². The molecule has 19 heavy (non-hydrogen) atoms. The molecule has 0 heterocycles. The first-order valence-corrected chi connectivity index (χ1v) is 6.31. The minimum atomic E-state index is -0.0592. The molecule has 0 aliphatic heterocycles. The molecule has 0 saturated heterocycles. The van der Waals surface area contributed by atoms with E-state index in [4.69, 9.17) is 9.47 Å². The first-order valence-electron chi connectivity index (χ1n) is 6.31. The molecule has 0 aromatic heterocycles. The minimum absolute atomic E-state index is 0.0592. The highest BCUT2D eigenvalue weighted by molar-refractivity contribution is 5.81. The van der Waals surface area contributed by atoms with E-state index in [-0.39, 0.29) is 12.0 Å². The Morgan fingerprint density at radius 2 is 2.00 bits per heavy atom. The zero-order valence-corrected chi connectivity index (χ0v) is 11.9. The fraction of sp³-hybridized carbons (Fsp3) is 0.438. The molecule has 3 heteroatoms. The third kappa shape index (κ3) is 5.05. The van der Waals surface area contributed by atoms with E-state index in [0.717, 1.165) is 6.29 Å². The van der Waals surface area contributed by atoms with Gasteiger partial charge in [0.05, 0.1) is 12.2 Å². The van der Waals surface area contributed by atoms with Crippen molar-refractivity contribution in [2.75, 3.05) is 13.2 Å².